The smallest absolute Gasteiger partial charge is 0.303 e. The number of hydrogen-bond acceptors (Lipinski definition) is 3. The van der Waals surface area contributed by atoms with Crippen molar-refractivity contribution < 1.29 is 18.9 Å². The first kappa shape index (κ1) is 16.4. The molecule has 110 valence electrons. The lowest BCUT2D eigenvalue weighted by Crippen LogP contribution is -2.31. The van der Waals surface area contributed by atoms with E-state index in [1.54, 1.807) is 0 Å². The molecule has 5 nitrogen and oxygen atoms in total. The Morgan fingerprint density at radius 2 is 1.95 bits per heavy atom. The van der Waals surface area contributed by atoms with Gasteiger partial charge in [0.1, 0.15) is 5.75 Å². The van der Waals surface area contributed by atoms with E-state index in [0.29, 0.717) is 6.42 Å². The minimum absolute atomic E-state index is 0.0201. The molecule has 0 heterocycles. The van der Waals surface area contributed by atoms with Crippen LogP contribution >= 0.6 is 0 Å². The highest BCUT2D eigenvalue weighted by Crippen LogP contribution is 2.10. The van der Waals surface area contributed by atoms with Gasteiger partial charge in [-0.05, 0) is 18.9 Å². The molecule has 0 radical (unpaired) electrons. The second-order valence-corrected chi connectivity index (χ2v) is 6.06. The highest BCUT2D eigenvalue weighted by Gasteiger charge is 2.12. The molecule has 1 rings (SSSR count). The van der Waals surface area contributed by atoms with Crippen molar-refractivity contribution in [2.75, 3.05) is 11.5 Å². The number of benzene rings is 1. The Balaban J connectivity index is 2.32. The summed E-state index contributed by atoms with van der Waals surface area (Å²) < 4.78 is 11.6. The summed E-state index contributed by atoms with van der Waals surface area (Å²) in [6, 6.07) is 9.36. The molecule has 20 heavy (non-hydrogen) atoms. The van der Waals surface area contributed by atoms with E-state index in [9.17, 15) is 13.8 Å². The SMILES string of the molecule is CC(NC(=O)CS(=O)CCCC(=O)O)c1ccccc1. The maximum Gasteiger partial charge on any atom is 0.303 e. The Labute approximate surface area is 120 Å². The van der Waals surface area contributed by atoms with Gasteiger partial charge in [0.25, 0.3) is 0 Å². The van der Waals surface area contributed by atoms with Crippen molar-refractivity contribution in [3.8, 4) is 0 Å². The van der Waals surface area contributed by atoms with E-state index in [1.807, 2.05) is 37.3 Å². The van der Waals surface area contributed by atoms with Gasteiger partial charge in [-0.25, -0.2) is 0 Å². The number of amides is 1. The first-order valence-corrected chi connectivity index (χ1v) is 7.89. The van der Waals surface area contributed by atoms with Gasteiger partial charge in [0.05, 0.1) is 6.04 Å². The van der Waals surface area contributed by atoms with Crippen molar-refractivity contribution in [1.29, 1.82) is 0 Å². The van der Waals surface area contributed by atoms with E-state index in [1.165, 1.54) is 0 Å². The van der Waals surface area contributed by atoms with E-state index in [4.69, 9.17) is 5.11 Å². The summed E-state index contributed by atoms with van der Waals surface area (Å²) in [5.74, 6) is -1.05. The Morgan fingerprint density at radius 1 is 1.30 bits per heavy atom. The monoisotopic (exact) mass is 297 g/mol. The molecule has 2 N–H and O–H groups in total. The van der Waals surface area contributed by atoms with Crippen molar-refractivity contribution in [3.63, 3.8) is 0 Å². The average Bonchev–Trinajstić information content (AvgIpc) is 2.38. The number of carboxylic acid groups (broad SMARTS) is 1. The average molecular weight is 297 g/mol. The zero-order valence-electron chi connectivity index (χ0n) is 11.4. The van der Waals surface area contributed by atoms with Gasteiger partial charge in [-0.2, -0.15) is 0 Å². The van der Waals surface area contributed by atoms with Crippen LogP contribution in [0, 0.1) is 0 Å². The molecule has 0 aliphatic rings. The van der Waals surface area contributed by atoms with Gasteiger partial charge in [-0.3, -0.25) is 13.8 Å². The predicted molar refractivity (Wildman–Crippen MR) is 77.7 cm³/mol. The van der Waals surface area contributed by atoms with Gasteiger partial charge in [-0.15, -0.1) is 0 Å². The highest BCUT2D eigenvalue weighted by molar-refractivity contribution is 7.85. The van der Waals surface area contributed by atoms with E-state index in [0.717, 1.165) is 5.56 Å². The summed E-state index contributed by atoms with van der Waals surface area (Å²) in [5.41, 5.74) is 0.984. The maximum absolute atomic E-state index is 11.7. The summed E-state index contributed by atoms with van der Waals surface area (Å²) in [6.07, 6.45) is 0.303. The van der Waals surface area contributed by atoms with Crippen LogP contribution in [0.15, 0.2) is 30.3 Å². The summed E-state index contributed by atoms with van der Waals surface area (Å²) in [5, 5.41) is 11.3. The van der Waals surface area contributed by atoms with Crippen LogP contribution in [0.2, 0.25) is 0 Å². The van der Waals surface area contributed by atoms with Crippen LogP contribution in [0.4, 0.5) is 0 Å². The van der Waals surface area contributed by atoms with Crippen LogP contribution in [0.3, 0.4) is 0 Å². The summed E-state index contributed by atoms with van der Waals surface area (Å²) in [4.78, 5) is 22.0. The largest absolute Gasteiger partial charge is 0.481 e. The fourth-order valence-electron chi connectivity index (χ4n) is 1.71. The zero-order chi connectivity index (χ0) is 15.0. The second kappa shape index (κ2) is 8.47. The lowest BCUT2D eigenvalue weighted by atomic mass is 10.1. The molecule has 1 aromatic carbocycles. The van der Waals surface area contributed by atoms with E-state index in [-0.39, 0.29) is 29.9 Å². The Hall–Kier alpha value is -1.69. The molecule has 0 spiro atoms. The standard InChI is InChI=1S/C14H19NO4S/c1-11(12-6-3-2-4-7-12)15-13(16)10-20(19)9-5-8-14(17)18/h2-4,6-7,11H,5,8-10H2,1H3,(H,15,16)(H,17,18). The van der Waals surface area contributed by atoms with Crippen molar-refractivity contribution in [2.24, 2.45) is 0 Å². The van der Waals surface area contributed by atoms with Crippen molar-refractivity contribution in [3.05, 3.63) is 35.9 Å². The molecule has 0 aliphatic heterocycles. The number of aliphatic carboxylic acids is 1. The third-order valence-corrected chi connectivity index (χ3v) is 4.06. The molecule has 0 fully saturated rings. The third kappa shape index (κ3) is 6.47. The molecule has 0 bridgehead atoms. The molecule has 6 heteroatoms. The summed E-state index contributed by atoms with van der Waals surface area (Å²) in [7, 11) is -1.31. The minimum atomic E-state index is -1.31. The van der Waals surface area contributed by atoms with E-state index in [2.05, 4.69) is 5.32 Å². The molecule has 0 saturated heterocycles. The van der Waals surface area contributed by atoms with E-state index >= 15 is 0 Å². The number of rotatable bonds is 8. The first-order chi connectivity index (χ1) is 9.49. The minimum Gasteiger partial charge on any atom is -0.481 e. The fourth-order valence-corrected chi connectivity index (χ4v) is 2.70. The van der Waals surface area contributed by atoms with Gasteiger partial charge < -0.3 is 10.4 Å². The number of carbonyl (C=O) groups is 2. The normalized spacial score (nSPS) is 13.4. The number of hydrogen-bond donors (Lipinski definition) is 2. The molecule has 0 aromatic heterocycles. The fraction of sp³-hybridized carbons (Fsp3) is 0.429. The molecular weight excluding hydrogens is 278 g/mol. The van der Waals surface area contributed by atoms with Crippen LogP contribution in [0.1, 0.15) is 31.4 Å². The van der Waals surface area contributed by atoms with Gasteiger partial charge in [-0.1, -0.05) is 30.3 Å². The molecule has 0 aliphatic carbocycles. The van der Waals surface area contributed by atoms with Crippen molar-refractivity contribution in [2.45, 2.75) is 25.8 Å². The maximum atomic E-state index is 11.7. The molecule has 0 saturated carbocycles. The number of carboxylic acids is 1. The first-order valence-electron chi connectivity index (χ1n) is 6.40. The van der Waals surface area contributed by atoms with Crippen molar-refractivity contribution >= 4 is 22.7 Å². The molecule has 1 amide bonds. The van der Waals surface area contributed by atoms with Crippen LogP contribution in [0.25, 0.3) is 0 Å². The lowest BCUT2D eigenvalue weighted by molar-refractivity contribution is -0.137. The topological polar surface area (TPSA) is 83.5 Å². The lowest BCUT2D eigenvalue weighted by Gasteiger charge is -2.14. The third-order valence-electron chi connectivity index (χ3n) is 2.73. The zero-order valence-corrected chi connectivity index (χ0v) is 12.2. The van der Waals surface area contributed by atoms with Crippen LogP contribution < -0.4 is 5.32 Å². The Kier molecular flexibility index (Phi) is 6.93. The molecule has 2 atom stereocenters. The Morgan fingerprint density at radius 3 is 2.55 bits per heavy atom. The van der Waals surface area contributed by atoms with Gasteiger partial charge in [0.2, 0.25) is 5.91 Å². The highest BCUT2D eigenvalue weighted by atomic mass is 32.2. The predicted octanol–water partition coefficient (Wildman–Crippen LogP) is 1.48. The summed E-state index contributed by atoms with van der Waals surface area (Å²) >= 11 is 0. The number of nitrogens with one attached hydrogen (secondary N) is 1. The van der Waals surface area contributed by atoms with Crippen LogP contribution in [0.5, 0.6) is 0 Å². The second-order valence-electron chi connectivity index (χ2n) is 4.49. The van der Waals surface area contributed by atoms with Crippen LogP contribution in [-0.2, 0) is 20.4 Å². The van der Waals surface area contributed by atoms with Gasteiger partial charge in [0, 0.05) is 23.0 Å². The quantitative estimate of drug-likeness (QED) is 0.761. The van der Waals surface area contributed by atoms with E-state index < -0.39 is 16.8 Å². The molecule has 2 unspecified atom stereocenters. The van der Waals surface area contributed by atoms with Crippen molar-refractivity contribution in [1.82, 2.24) is 5.32 Å². The molecule has 1 aromatic rings. The number of carbonyl (C=O) groups excluding carboxylic acids is 1. The Bertz CT molecular complexity index is 475. The van der Waals surface area contributed by atoms with Gasteiger partial charge >= 0.3 is 5.97 Å². The van der Waals surface area contributed by atoms with Crippen LogP contribution in [-0.4, -0.2) is 32.7 Å². The van der Waals surface area contributed by atoms with Gasteiger partial charge in [0.15, 0.2) is 0 Å². The molecular formula is C14H19NO4S. The summed E-state index contributed by atoms with van der Waals surface area (Å²) in [6.45, 7) is 1.86.